The third-order valence-electron chi connectivity index (χ3n) is 10.5. The van der Waals surface area contributed by atoms with Gasteiger partial charge >= 0.3 is 0 Å². The highest BCUT2D eigenvalue weighted by atomic mass is 32.2. The van der Waals surface area contributed by atoms with E-state index in [0.717, 1.165) is 60.9 Å². The van der Waals surface area contributed by atoms with Crippen molar-refractivity contribution in [1.82, 2.24) is 3.97 Å². The fraction of sp³-hybridized carbons (Fsp3) is 0.412. The standard InChI is InChI=1S/C34H37NO3S/c1-23-13-15-25(16-14-23)39(36,37)35-29-12-8-7-11-26(29)27-17-18-30-33(2)21-22-38-31(24-9-5-4-6-10-24)28(33)19-20-34(30,3)32(27)35/h4-16,28,30-31H,17-22H2,1-3H3/t28-,30+,31-,33-,34+/m0/s1. The molecule has 1 aromatic heterocycles. The third-order valence-corrected chi connectivity index (χ3v) is 12.3. The zero-order valence-corrected chi connectivity index (χ0v) is 23.9. The Kier molecular flexibility index (Phi) is 5.67. The van der Waals surface area contributed by atoms with Gasteiger partial charge in [0.1, 0.15) is 0 Å². The van der Waals surface area contributed by atoms with Crippen LogP contribution in [-0.2, 0) is 26.6 Å². The van der Waals surface area contributed by atoms with Crippen molar-refractivity contribution < 1.29 is 13.2 Å². The SMILES string of the molecule is Cc1ccc(S(=O)(=O)n2c3c(c4ccccc42)CC[C@@H]2[C@@]4(C)CCO[C@@H](c5ccccc5)[C@@H]4CC[C@@]32C)cc1. The van der Waals surface area contributed by atoms with Crippen molar-refractivity contribution in [2.75, 3.05) is 6.61 Å². The molecule has 0 bridgehead atoms. The average molecular weight is 540 g/mol. The van der Waals surface area contributed by atoms with Crippen LogP contribution in [0.1, 0.15) is 68.0 Å². The second kappa shape index (κ2) is 8.81. The van der Waals surface area contributed by atoms with Crippen molar-refractivity contribution in [3.05, 3.63) is 101 Å². The molecule has 2 aliphatic carbocycles. The third kappa shape index (κ3) is 3.55. The summed E-state index contributed by atoms with van der Waals surface area (Å²) in [7, 11) is -3.78. The lowest BCUT2D eigenvalue weighted by Gasteiger charge is -2.61. The normalized spacial score (nSPS) is 30.4. The molecule has 4 aromatic rings. The molecule has 0 radical (unpaired) electrons. The number of para-hydroxylation sites is 1. The summed E-state index contributed by atoms with van der Waals surface area (Å²) in [6.45, 7) is 7.58. The molecule has 2 heterocycles. The van der Waals surface area contributed by atoms with Crippen LogP contribution in [0.5, 0.6) is 0 Å². The first-order valence-corrected chi connectivity index (χ1v) is 15.8. The number of nitrogens with zero attached hydrogens (tertiary/aromatic N) is 1. The van der Waals surface area contributed by atoms with E-state index in [-0.39, 0.29) is 16.9 Å². The maximum Gasteiger partial charge on any atom is 0.268 e. The number of rotatable bonds is 3. The van der Waals surface area contributed by atoms with Gasteiger partial charge in [-0.05, 0) is 85.6 Å². The second-order valence-corrected chi connectivity index (χ2v) is 14.3. The Morgan fingerprint density at radius 1 is 0.872 bits per heavy atom. The molecule has 7 rings (SSSR count). The fourth-order valence-corrected chi connectivity index (χ4v) is 10.4. The molecule has 0 spiro atoms. The number of hydrogen-bond acceptors (Lipinski definition) is 3. The summed E-state index contributed by atoms with van der Waals surface area (Å²) in [6.07, 6.45) is 5.08. The van der Waals surface area contributed by atoms with Crippen LogP contribution >= 0.6 is 0 Å². The van der Waals surface area contributed by atoms with Gasteiger partial charge in [0.05, 0.1) is 16.5 Å². The number of ether oxygens (including phenoxy) is 1. The summed E-state index contributed by atoms with van der Waals surface area (Å²) < 4.78 is 37.1. The fourth-order valence-electron chi connectivity index (χ4n) is 8.69. The summed E-state index contributed by atoms with van der Waals surface area (Å²) in [4.78, 5) is 0.359. The van der Waals surface area contributed by atoms with Gasteiger partial charge in [-0.1, -0.05) is 80.1 Å². The van der Waals surface area contributed by atoms with Gasteiger partial charge in [-0.25, -0.2) is 12.4 Å². The Morgan fingerprint density at radius 3 is 2.36 bits per heavy atom. The number of hydrogen-bond donors (Lipinski definition) is 0. The Morgan fingerprint density at radius 2 is 1.59 bits per heavy atom. The van der Waals surface area contributed by atoms with Crippen molar-refractivity contribution in [2.45, 2.75) is 69.3 Å². The minimum atomic E-state index is -3.78. The van der Waals surface area contributed by atoms with Crippen LogP contribution in [0, 0.1) is 24.2 Å². The van der Waals surface area contributed by atoms with E-state index in [1.165, 1.54) is 11.1 Å². The lowest BCUT2D eigenvalue weighted by molar-refractivity contribution is -0.161. The van der Waals surface area contributed by atoms with E-state index in [1.54, 1.807) is 16.1 Å². The van der Waals surface area contributed by atoms with Crippen molar-refractivity contribution in [1.29, 1.82) is 0 Å². The molecule has 1 saturated carbocycles. The molecule has 5 atom stereocenters. The topological polar surface area (TPSA) is 48.3 Å². The van der Waals surface area contributed by atoms with Crippen molar-refractivity contribution in [3.63, 3.8) is 0 Å². The largest absolute Gasteiger partial charge is 0.373 e. The summed E-state index contributed by atoms with van der Waals surface area (Å²) in [6, 6.07) is 26.1. The van der Waals surface area contributed by atoms with Gasteiger partial charge in [0.25, 0.3) is 10.0 Å². The Balaban J connectivity index is 1.41. The summed E-state index contributed by atoms with van der Waals surface area (Å²) in [5.74, 6) is 0.794. The molecule has 39 heavy (non-hydrogen) atoms. The van der Waals surface area contributed by atoms with Crippen LogP contribution in [0.4, 0.5) is 0 Å². The lowest BCUT2D eigenvalue weighted by Crippen LogP contribution is -2.57. The van der Waals surface area contributed by atoms with Crippen LogP contribution in [0.2, 0.25) is 0 Å². The molecular formula is C34H37NO3S. The molecule has 0 unspecified atom stereocenters. The lowest BCUT2D eigenvalue weighted by atomic mass is 9.45. The molecule has 2 fully saturated rings. The van der Waals surface area contributed by atoms with Crippen molar-refractivity contribution in [3.8, 4) is 0 Å². The van der Waals surface area contributed by atoms with Gasteiger partial charge in [-0.2, -0.15) is 0 Å². The molecule has 1 aliphatic heterocycles. The monoisotopic (exact) mass is 539 g/mol. The smallest absolute Gasteiger partial charge is 0.268 e. The molecule has 3 aromatic carbocycles. The molecular weight excluding hydrogens is 502 g/mol. The number of fused-ring (bicyclic) bond motifs is 7. The van der Waals surface area contributed by atoms with Gasteiger partial charge in [-0.3, -0.25) is 0 Å². The van der Waals surface area contributed by atoms with E-state index < -0.39 is 10.0 Å². The minimum absolute atomic E-state index is 0.0678. The highest BCUT2D eigenvalue weighted by molar-refractivity contribution is 7.90. The van der Waals surface area contributed by atoms with Crippen LogP contribution < -0.4 is 0 Å². The van der Waals surface area contributed by atoms with Crippen LogP contribution in [0.25, 0.3) is 10.9 Å². The predicted molar refractivity (Wildman–Crippen MR) is 155 cm³/mol. The molecule has 1 saturated heterocycles. The minimum Gasteiger partial charge on any atom is -0.373 e. The Hall–Kier alpha value is -2.89. The highest BCUT2D eigenvalue weighted by Crippen LogP contribution is 2.65. The quantitative estimate of drug-likeness (QED) is 0.270. The number of aromatic nitrogens is 1. The maximum atomic E-state index is 14.5. The van der Waals surface area contributed by atoms with Crippen LogP contribution in [-0.4, -0.2) is 19.0 Å². The predicted octanol–water partition coefficient (Wildman–Crippen LogP) is 7.58. The van der Waals surface area contributed by atoms with E-state index in [1.807, 2.05) is 37.3 Å². The number of aryl methyl sites for hydroxylation is 2. The van der Waals surface area contributed by atoms with Crippen LogP contribution in [0.3, 0.4) is 0 Å². The first-order chi connectivity index (χ1) is 18.7. The molecule has 4 nitrogen and oxygen atoms in total. The van der Waals surface area contributed by atoms with E-state index in [0.29, 0.717) is 16.7 Å². The second-order valence-electron chi connectivity index (χ2n) is 12.5. The first-order valence-electron chi connectivity index (χ1n) is 14.4. The zero-order valence-electron chi connectivity index (χ0n) is 23.1. The van der Waals surface area contributed by atoms with Gasteiger partial charge in [0.15, 0.2) is 0 Å². The Labute approximate surface area is 232 Å². The van der Waals surface area contributed by atoms with E-state index in [2.05, 4.69) is 50.2 Å². The van der Waals surface area contributed by atoms with E-state index in [4.69, 9.17) is 4.74 Å². The molecule has 0 N–H and O–H groups in total. The van der Waals surface area contributed by atoms with Gasteiger partial charge < -0.3 is 4.74 Å². The average Bonchev–Trinajstić information content (AvgIpc) is 3.30. The molecule has 5 heteroatoms. The first kappa shape index (κ1) is 25.1. The summed E-state index contributed by atoms with van der Waals surface area (Å²) >= 11 is 0. The van der Waals surface area contributed by atoms with E-state index in [9.17, 15) is 8.42 Å². The summed E-state index contributed by atoms with van der Waals surface area (Å²) in [5, 5.41) is 1.09. The van der Waals surface area contributed by atoms with Gasteiger partial charge in [0, 0.05) is 23.1 Å². The zero-order chi connectivity index (χ0) is 27.0. The number of benzene rings is 3. The Bertz CT molecular complexity index is 1660. The molecule has 0 amide bonds. The van der Waals surface area contributed by atoms with Gasteiger partial charge in [0.2, 0.25) is 0 Å². The molecule has 202 valence electrons. The van der Waals surface area contributed by atoms with Crippen LogP contribution in [0.15, 0.2) is 83.8 Å². The highest BCUT2D eigenvalue weighted by Gasteiger charge is 2.60. The van der Waals surface area contributed by atoms with E-state index >= 15 is 0 Å². The molecule has 3 aliphatic rings. The maximum absolute atomic E-state index is 14.5. The summed E-state index contributed by atoms with van der Waals surface area (Å²) in [5.41, 5.74) is 5.22. The van der Waals surface area contributed by atoms with Crippen molar-refractivity contribution >= 4 is 20.9 Å². The van der Waals surface area contributed by atoms with Gasteiger partial charge in [-0.15, -0.1) is 0 Å². The van der Waals surface area contributed by atoms with Crippen molar-refractivity contribution in [2.24, 2.45) is 17.3 Å².